The molecule has 1 aromatic carbocycles. The second-order valence-corrected chi connectivity index (χ2v) is 3.10. The summed E-state index contributed by atoms with van der Waals surface area (Å²) in [6.07, 6.45) is 0. The molecule has 11 heavy (non-hydrogen) atoms. The third-order valence-electron chi connectivity index (χ3n) is 1.14. The molecule has 0 aliphatic carbocycles. The predicted octanol–water partition coefficient (Wildman–Crippen LogP) is 2.97. The van der Waals surface area contributed by atoms with Crippen LogP contribution in [0.25, 0.3) is 0 Å². The zero-order valence-electron chi connectivity index (χ0n) is 5.27. The number of hydrogen-bond acceptors (Lipinski definition) is 1. The van der Waals surface area contributed by atoms with Gasteiger partial charge in [0.2, 0.25) is 0 Å². The van der Waals surface area contributed by atoms with Crippen LogP contribution in [0.5, 0.6) is 0 Å². The van der Waals surface area contributed by atoms with Crippen LogP contribution in [0.2, 0.25) is 0 Å². The first-order valence-corrected chi connectivity index (χ1v) is 3.93. The van der Waals surface area contributed by atoms with Crippen molar-refractivity contribution in [2.24, 2.45) is 0 Å². The molecular weight excluding hydrogens is 234 g/mol. The highest BCUT2D eigenvalue weighted by Gasteiger charge is 2.06. The summed E-state index contributed by atoms with van der Waals surface area (Å²) in [6.45, 7) is 0. The lowest BCUT2D eigenvalue weighted by molar-refractivity contribution is 0.108. The third kappa shape index (κ3) is 2.01. The summed E-state index contributed by atoms with van der Waals surface area (Å²) in [5.74, 6) is -0.404. The van der Waals surface area contributed by atoms with Crippen LogP contribution < -0.4 is 0 Å². The van der Waals surface area contributed by atoms with Crippen LogP contribution in [-0.2, 0) is 0 Å². The second kappa shape index (κ2) is 3.32. The number of rotatable bonds is 1. The van der Waals surface area contributed by atoms with Crippen molar-refractivity contribution in [3.8, 4) is 0 Å². The molecule has 0 unspecified atom stereocenters. The minimum Gasteiger partial charge on any atom is -0.276 e. The molecule has 0 atom stereocenters. The number of carbonyl (C=O) groups is 1. The minimum atomic E-state index is -0.600. The Balaban J connectivity index is 3.20. The van der Waals surface area contributed by atoms with E-state index in [1.54, 1.807) is 0 Å². The van der Waals surface area contributed by atoms with Crippen molar-refractivity contribution in [1.82, 2.24) is 0 Å². The lowest BCUT2D eigenvalue weighted by atomic mass is 10.2. The maximum atomic E-state index is 12.4. The van der Waals surface area contributed by atoms with Crippen molar-refractivity contribution in [3.05, 3.63) is 34.1 Å². The van der Waals surface area contributed by atoms with Crippen molar-refractivity contribution in [2.45, 2.75) is 0 Å². The van der Waals surface area contributed by atoms with E-state index in [-0.39, 0.29) is 5.56 Å². The third-order valence-corrected chi connectivity index (χ3v) is 2.00. The Morgan fingerprint density at radius 2 is 2.18 bits per heavy atom. The van der Waals surface area contributed by atoms with Gasteiger partial charge in [0.1, 0.15) is 5.82 Å². The molecule has 0 aliphatic rings. The lowest BCUT2D eigenvalue weighted by Gasteiger charge is -1.96. The number of carbonyl (C=O) groups excluding carboxylic acids is 1. The highest BCUT2D eigenvalue weighted by atomic mass is 79.9. The molecule has 4 heteroatoms. The maximum Gasteiger partial charge on any atom is 0.253 e. The smallest absolute Gasteiger partial charge is 0.253 e. The molecule has 0 saturated heterocycles. The van der Waals surface area contributed by atoms with Crippen LogP contribution in [0.1, 0.15) is 10.4 Å². The average molecular weight is 237 g/mol. The Kier molecular flexibility index (Phi) is 2.62. The molecule has 0 saturated carbocycles. The Morgan fingerprint density at radius 1 is 1.55 bits per heavy atom. The van der Waals surface area contributed by atoms with Crippen LogP contribution in [0, 0.1) is 5.82 Å². The lowest BCUT2D eigenvalue weighted by Crippen LogP contribution is -1.90. The van der Waals surface area contributed by atoms with Gasteiger partial charge in [-0.2, -0.15) is 0 Å². The quantitative estimate of drug-likeness (QED) is 0.686. The highest BCUT2D eigenvalue weighted by molar-refractivity contribution is 9.10. The van der Waals surface area contributed by atoms with E-state index in [2.05, 4.69) is 15.9 Å². The van der Waals surface area contributed by atoms with Gasteiger partial charge in [-0.3, -0.25) is 4.79 Å². The van der Waals surface area contributed by atoms with Crippen molar-refractivity contribution < 1.29 is 9.18 Å². The summed E-state index contributed by atoms with van der Waals surface area (Å²) >= 11 is 8.17. The monoisotopic (exact) mass is 236 g/mol. The molecule has 0 heterocycles. The molecule has 0 amide bonds. The fourth-order valence-corrected chi connectivity index (χ4v) is 1.46. The van der Waals surface area contributed by atoms with Crippen LogP contribution >= 0.6 is 27.5 Å². The van der Waals surface area contributed by atoms with Crippen molar-refractivity contribution >= 4 is 32.8 Å². The molecular formula is C7H3BrClFO. The van der Waals surface area contributed by atoms with Crippen molar-refractivity contribution in [1.29, 1.82) is 0 Å². The summed E-state index contributed by atoms with van der Waals surface area (Å²) in [4.78, 5) is 10.6. The molecule has 0 fully saturated rings. The van der Waals surface area contributed by atoms with Gasteiger partial charge in [0.25, 0.3) is 5.24 Å². The topological polar surface area (TPSA) is 17.1 Å². The normalized spacial score (nSPS) is 9.73. The van der Waals surface area contributed by atoms with Crippen LogP contribution in [0.3, 0.4) is 0 Å². The molecule has 0 bridgehead atoms. The van der Waals surface area contributed by atoms with E-state index in [4.69, 9.17) is 11.6 Å². The van der Waals surface area contributed by atoms with Crippen LogP contribution in [0.4, 0.5) is 4.39 Å². The van der Waals surface area contributed by atoms with E-state index in [0.717, 1.165) is 0 Å². The number of hydrogen-bond donors (Lipinski definition) is 0. The highest BCUT2D eigenvalue weighted by Crippen LogP contribution is 2.19. The molecule has 58 valence electrons. The zero-order valence-corrected chi connectivity index (χ0v) is 7.62. The molecule has 0 aromatic heterocycles. The summed E-state index contributed by atoms with van der Waals surface area (Å²) in [5.41, 5.74) is 0.271. The number of halogens is 3. The van der Waals surface area contributed by atoms with Gasteiger partial charge in [0.05, 0.1) is 0 Å². The zero-order chi connectivity index (χ0) is 8.43. The van der Waals surface area contributed by atoms with Gasteiger partial charge in [-0.15, -0.1) is 0 Å². The van der Waals surface area contributed by atoms with Gasteiger partial charge in [0.15, 0.2) is 0 Å². The summed E-state index contributed by atoms with van der Waals surface area (Å²) < 4.78 is 12.8. The first-order valence-electron chi connectivity index (χ1n) is 2.76. The summed E-state index contributed by atoms with van der Waals surface area (Å²) in [5, 5.41) is -0.600. The fourth-order valence-electron chi connectivity index (χ4n) is 0.649. The Morgan fingerprint density at radius 3 is 2.64 bits per heavy atom. The molecule has 1 nitrogen and oxygen atoms in total. The minimum absolute atomic E-state index is 0.271. The van der Waals surface area contributed by atoms with Gasteiger partial charge >= 0.3 is 0 Å². The van der Waals surface area contributed by atoms with E-state index in [1.165, 1.54) is 18.2 Å². The van der Waals surface area contributed by atoms with E-state index in [0.29, 0.717) is 4.47 Å². The molecule has 0 radical (unpaired) electrons. The molecule has 0 N–H and O–H groups in total. The Hall–Kier alpha value is -0.410. The standard InChI is InChI=1S/C7H3BrClFO/c8-6-3-4(10)1-2-5(6)7(9)11/h1-3H. The van der Waals surface area contributed by atoms with Crippen molar-refractivity contribution in [3.63, 3.8) is 0 Å². The number of benzene rings is 1. The molecule has 0 spiro atoms. The first-order chi connectivity index (χ1) is 5.11. The van der Waals surface area contributed by atoms with Gasteiger partial charge in [-0.25, -0.2) is 4.39 Å². The Labute approximate surface area is 76.3 Å². The Bertz CT molecular complexity index is 300. The molecule has 1 rings (SSSR count). The van der Waals surface area contributed by atoms with E-state index in [9.17, 15) is 9.18 Å². The fraction of sp³-hybridized carbons (Fsp3) is 0. The average Bonchev–Trinajstić information content (AvgIpc) is 1.85. The molecule has 1 aromatic rings. The van der Waals surface area contributed by atoms with Gasteiger partial charge in [-0.05, 0) is 45.7 Å². The van der Waals surface area contributed by atoms with E-state index in [1.807, 2.05) is 0 Å². The van der Waals surface area contributed by atoms with E-state index < -0.39 is 11.1 Å². The largest absolute Gasteiger partial charge is 0.276 e. The van der Waals surface area contributed by atoms with Gasteiger partial charge < -0.3 is 0 Å². The van der Waals surface area contributed by atoms with E-state index >= 15 is 0 Å². The van der Waals surface area contributed by atoms with Crippen LogP contribution in [0.15, 0.2) is 22.7 Å². The maximum absolute atomic E-state index is 12.4. The SMILES string of the molecule is O=C(Cl)c1ccc(F)cc1Br. The summed E-state index contributed by atoms with van der Waals surface area (Å²) in [6, 6.07) is 3.70. The van der Waals surface area contributed by atoms with Gasteiger partial charge in [-0.1, -0.05) is 0 Å². The van der Waals surface area contributed by atoms with Crippen LogP contribution in [-0.4, -0.2) is 5.24 Å². The molecule has 0 aliphatic heterocycles. The van der Waals surface area contributed by atoms with Gasteiger partial charge in [0, 0.05) is 10.0 Å². The first kappa shape index (κ1) is 8.68. The van der Waals surface area contributed by atoms with Crippen molar-refractivity contribution in [2.75, 3.05) is 0 Å². The summed E-state index contributed by atoms with van der Waals surface area (Å²) in [7, 11) is 0. The predicted molar refractivity (Wildman–Crippen MR) is 44.3 cm³/mol. The second-order valence-electron chi connectivity index (χ2n) is 1.90.